The Morgan fingerprint density at radius 1 is 1.18 bits per heavy atom. The van der Waals surface area contributed by atoms with E-state index in [-0.39, 0.29) is 11.7 Å². The largest absolute Gasteiger partial charge is 0.484 e. The van der Waals surface area contributed by atoms with Crippen molar-refractivity contribution in [2.24, 2.45) is 5.92 Å². The van der Waals surface area contributed by atoms with Crippen molar-refractivity contribution in [3.8, 4) is 5.75 Å². The van der Waals surface area contributed by atoms with Gasteiger partial charge in [0.25, 0.3) is 0 Å². The first-order valence-electron chi connectivity index (χ1n) is 7.47. The van der Waals surface area contributed by atoms with Crippen molar-refractivity contribution in [2.75, 3.05) is 6.61 Å². The van der Waals surface area contributed by atoms with Gasteiger partial charge in [0.2, 0.25) is 5.91 Å². The lowest BCUT2D eigenvalue weighted by Crippen LogP contribution is -2.24. The molecule has 2 rings (SSSR count). The predicted molar refractivity (Wildman–Crippen MR) is 76.4 cm³/mol. The first-order chi connectivity index (χ1) is 10.4. The summed E-state index contributed by atoms with van der Waals surface area (Å²) in [6.45, 7) is -0.921. The van der Waals surface area contributed by atoms with Gasteiger partial charge in [-0.05, 0) is 36.5 Å². The van der Waals surface area contributed by atoms with Gasteiger partial charge < -0.3 is 10.1 Å². The van der Waals surface area contributed by atoms with Gasteiger partial charge in [-0.15, -0.1) is 0 Å². The third-order valence-corrected chi connectivity index (χ3v) is 3.76. The van der Waals surface area contributed by atoms with Crippen LogP contribution in [0.3, 0.4) is 0 Å². The molecule has 0 aromatic heterocycles. The lowest BCUT2D eigenvalue weighted by Gasteiger charge is -2.11. The zero-order valence-electron chi connectivity index (χ0n) is 12.3. The zero-order chi connectivity index (χ0) is 16.0. The van der Waals surface area contributed by atoms with E-state index in [9.17, 15) is 18.0 Å². The zero-order valence-corrected chi connectivity index (χ0v) is 12.3. The predicted octanol–water partition coefficient (Wildman–Crippen LogP) is 3.82. The average molecular weight is 315 g/mol. The molecular weight excluding hydrogens is 295 g/mol. The number of nitrogens with one attached hydrogen (secondary N) is 1. The number of ether oxygens (including phenoxy) is 1. The van der Waals surface area contributed by atoms with E-state index in [4.69, 9.17) is 0 Å². The van der Waals surface area contributed by atoms with Gasteiger partial charge in [-0.1, -0.05) is 25.0 Å². The molecule has 1 aromatic carbocycles. The summed E-state index contributed by atoms with van der Waals surface area (Å²) in [5.74, 6) is 0.695. The lowest BCUT2D eigenvalue weighted by molar-refractivity contribution is -0.153. The lowest BCUT2D eigenvalue weighted by atomic mass is 10.0. The number of halogens is 3. The highest BCUT2D eigenvalue weighted by Crippen LogP contribution is 2.27. The van der Waals surface area contributed by atoms with E-state index in [2.05, 4.69) is 10.1 Å². The Morgan fingerprint density at radius 3 is 2.41 bits per heavy atom. The second kappa shape index (κ2) is 7.51. The van der Waals surface area contributed by atoms with Crippen molar-refractivity contribution in [2.45, 2.75) is 44.8 Å². The van der Waals surface area contributed by atoms with Crippen LogP contribution in [0.25, 0.3) is 0 Å². The SMILES string of the molecule is O=C(CC1CCCC1)NCc1ccc(OCC(F)(F)F)cc1. The highest BCUT2D eigenvalue weighted by molar-refractivity contribution is 5.76. The highest BCUT2D eigenvalue weighted by atomic mass is 19.4. The number of carbonyl (C=O) groups is 1. The first-order valence-corrected chi connectivity index (χ1v) is 7.47. The minimum Gasteiger partial charge on any atom is -0.484 e. The topological polar surface area (TPSA) is 38.3 Å². The smallest absolute Gasteiger partial charge is 0.422 e. The molecule has 0 aliphatic heterocycles. The molecule has 0 atom stereocenters. The van der Waals surface area contributed by atoms with Crippen LogP contribution in [0, 0.1) is 5.92 Å². The molecule has 0 saturated heterocycles. The van der Waals surface area contributed by atoms with Crippen molar-refractivity contribution >= 4 is 5.91 Å². The Kier molecular flexibility index (Phi) is 5.69. The molecule has 22 heavy (non-hydrogen) atoms. The third kappa shape index (κ3) is 5.95. The highest BCUT2D eigenvalue weighted by Gasteiger charge is 2.28. The van der Waals surface area contributed by atoms with Crippen LogP contribution in [0.4, 0.5) is 13.2 Å². The molecule has 0 bridgehead atoms. The van der Waals surface area contributed by atoms with Crippen molar-refractivity contribution in [3.05, 3.63) is 29.8 Å². The Balaban J connectivity index is 1.72. The molecule has 1 aliphatic carbocycles. The fourth-order valence-electron chi connectivity index (χ4n) is 2.62. The van der Waals surface area contributed by atoms with Crippen molar-refractivity contribution in [3.63, 3.8) is 0 Å². The summed E-state index contributed by atoms with van der Waals surface area (Å²) < 4.78 is 40.7. The summed E-state index contributed by atoms with van der Waals surface area (Å²) in [5, 5.41) is 2.84. The summed E-state index contributed by atoms with van der Waals surface area (Å²) >= 11 is 0. The van der Waals surface area contributed by atoms with E-state index in [1.807, 2.05) is 0 Å². The number of alkyl halides is 3. The molecule has 0 unspecified atom stereocenters. The molecule has 1 saturated carbocycles. The Hall–Kier alpha value is -1.72. The summed E-state index contributed by atoms with van der Waals surface area (Å²) in [6, 6.07) is 6.26. The maximum atomic E-state index is 12.0. The van der Waals surface area contributed by atoms with Crippen LogP contribution >= 0.6 is 0 Å². The molecule has 0 heterocycles. The van der Waals surface area contributed by atoms with Crippen LogP contribution in [0.2, 0.25) is 0 Å². The second-order valence-corrected chi connectivity index (χ2v) is 5.68. The fraction of sp³-hybridized carbons (Fsp3) is 0.562. The van der Waals surface area contributed by atoms with E-state index in [0.717, 1.165) is 18.4 Å². The molecule has 122 valence electrons. The maximum Gasteiger partial charge on any atom is 0.422 e. The Bertz CT molecular complexity index is 479. The summed E-state index contributed by atoms with van der Waals surface area (Å²) in [5.41, 5.74) is 0.833. The molecular formula is C16H20F3NO2. The van der Waals surface area contributed by atoms with Crippen LogP contribution in [0.1, 0.15) is 37.7 Å². The van der Waals surface area contributed by atoms with Crippen molar-refractivity contribution in [1.82, 2.24) is 5.32 Å². The number of amides is 1. The van der Waals surface area contributed by atoms with Crippen molar-refractivity contribution < 1.29 is 22.7 Å². The second-order valence-electron chi connectivity index (χ2n) is 5.68. The summed E-state index contributed by atoms with van der Waals surface area (Å²) in [4.78, 5) is 11.8. The molecule has 1 N–H and O–H groups in total. The molecule has 1 aliphatic rings. The van der Waals surface area contributed by atoms with Gasteiger partial charge in [0.15, 0.2) is 6.61 Å². The molecule has 3 nitrogen and oxygen atoms in total. The van der Waals surface area contributed by atoms with Gasteiger partial charge in [-0.25, -0.2) is 0 Å². The number of carbonyl (C=O) groups excluding carboxylic acids is 1. The van der Waals surface area contributed by atoms with E-state index in [1.54, 1.807) is 12.1 Å². The standard InChI is InChI=1S/C16H20F3NO2/c17-16(18,19)11-22-14-7-5-13(6-8-14)10-20-15(21)9-12-3-1-2-4-12/h5-8,12H,1-4,9-11H2,(H,20,21). The van der Waals surface area contributed by atoms with Gasteiger partial charge in [0, 0.05) is 13.0 Å². The number of hydrogen-bond acceptors (Lipinski definition) is 2. The van der Waals surface area contributed by atoms with Crippen LogP contribution in [0.5, 0.6) is 5.75 Å². The minimum atomic E-state index is -4.34. The van der Waals surface area contributed by atoms with Crippen LogP contribution in [0.15, 0.2) is 24.3 Å². The quantitative estimate of drug-likeness (QED) is 0.866. The normalized spacial score (nSPS) is 15.8. The molecule has 0 spiro atoms. The molecule has 0 radical (unpaired) electrons. The monoisotopic (exact) mass is 315 g/mol. The number of benzene rings is 1. The van der Waals surface area contributed by atoms with Crippen LogP contribution in [-0.4, -0.2) is 18.7 Å². The van der Waals surface area contributed by atoms with E-state index in [1.165, 1.54) is 25.0 Å². The van der Waals surface area contributed by atoms with E-state index in [0.29, 0.717) is 18.9 Å². The first kappa shape index (κ1) is 16.6. The number of rotatable bonds is 6. The van der Waals surface area contributed by atoms with Gasteiger partial charge in [-0.3, -0.25) is 4.79 Å². The molecule has 6 heteroatoms. The molecule has 1 fully saturated rings. The number of hydrogen-bond donors (Lipinski definition) is 1. The fourth-order valence-corrected chi connectivity index (χ4v) is 2.62. The third-order valence-electron chi connectivity index (χ3n) is 3.76. The maximum absolute atomic E-state index is 12.0. The Morgan fingerprint density at radius 2 is 1.82 bits per heavy atom. The summed E-state index contributed by atoms with van der Waals surface area (Å²) in [7, 11) is 0. The minimum absolute atomic E-state index is 0.0318. The molecule has 1 aromatic rings. The van der Waals surface area contributed by atoms with Crippen LogP contribution < -0.4 is 10.1 Å². The average Bonchev–Trinajstić information content (AvgIpc) is 2.96. The van der Waals surface area contributed by atoms with E-state index >= 15 is 0 Å². The summed E-state index contributed by atoms with van der Waals surface area (Å²) in [6.07, 6.45) is 0.881. The van der Waals surface area contributed by atoms with Gasteiger partial charge >= 0.3 is 6.18 Å². The Labute approximate surface area is 127 Å². The van der Waals surface area contributed by atoms with Crippen molar-refractivity contribution in [1.29, 1.82) is 0 Å². The van der Waals surface area contributed by atoms with Gasteiger partial charge in [0.1, 0.15) is 5.75 Å². The van der Waals surface area contributed by atoms with Gasteiger partial charge in [0.05, 0.1) is 0 Å². The van der Waals surface area contributed by atoms with E-state index < -0.39 is 12.8 Å². The molecule has 1 amide bonds. The van der Waals surface area contributed by atoms with Gasteiger partial charge in [-0.2, -0.15) is 13.2 Å². The van der Waals surface area contributed by atoms with Crippen LogP contribution in [-0.2, 0) is 11.3 Å².